The molecule has 0 unspecified atom stereocenters. The Morgan fingerprint density at radius 1 is 0.971 bits per heavy atom. The number of amides is 2. The van der Waals surface area contributed by atoms with Gasteiger partial charge in [0.05, 0.1) is 18.3 Å². The topological polar surface area (TPSA) is 115 Å². The Labute approximate surface area is 203 Å². The van der Waals surface area contributed by atoms with Gasteiger partial charge in [0.15, 0.2) is 0 Å². The number of benzene rings is 2. The standard InChI is InChI=1S/C27H30N6O2/c34-25(17-31-27(35)19-10-12-28-13-11-19)32-23(14-20-15-29-22-9-5-4-8-21(20)22)26-30-16-24(33-26)18-6-2-1-3-7-18/h1-9,15-16,19,23,28-29H,10-14,17H2,(H,30,33)(H,31,35)(H,32,34)/t23-/m1/s1. The van der Waals surface area contributed by atoms with Gasteiger partial charge in [-0.05, 0) is 37.6 Å². The average Bonchev–Trinajstić information content (AvgIpc) is 3.56. The highest BCUT2D eigenvalue weighted by atomic mass is 16.2. The van der Waals surface area contributed by atoms with Crippen LogP contribution in [0.15, 0.2) is 67.0 Å². The fourth-order valence-corrected chi connectivity index (χ4v) is 4.65. The molecule has 35 heavy (non-hydrogen) atoms. The highest BCUT2D eigenvalue weighted by molar-refractivity contribution is 5.86. The number of para-hydroxylation sites is 1. The molecular weight excluding hydrogens is 440 g/mol. The Bertz CT molecular complexity index is 1290. The smallest absolute Gasteiger partial charge is 0.239 e. The zero-order chi connectivity index (χ0) is 24.0. The third-order valence-corrected chi connectivity index (χ3v) is 6.56. The van der Waals surface area contributed by atoms with Crippen molar-refractivity contribution in [3.63, 3.8) is 0 Å². The summed E-state index contributed by atoms with van der Waals surface area (Å²) in [6.45, 7) is 1.61. The molecular formula is C27H30N6O2. The predicted octanol–water partition coefficient (Wildman–Crippen LogP) is 3.07. The van der Waals surface area contributed by atoms with Crippen molar-refractivity contribution in [3.8, 4) is 11.3 Å². The number of rotatable bonds is 8. The number of nitrogens with zero attached hydrogens (tertiary/aromatic N) is 1. The van der Waals surface area contributed by atoms with Crippen LogP contribution in [-0.4, -0.2) is 46.4 Å². The van der Waals surface area contributed by atoms with E-state index in [0.29, 0.717) is 12.2 Å². The maximum Gasteiger partial charge on any atom is 0.239 e. The number of fused-ring (bicyclic) bond motifs is 1. The maximum atomic E-state index is 12.9. The number of aromatic amines is 2. The summed E-state index contributed by atoms with van der Waals surface area (Å²) in [6, 6.07) is 17.6. The highest BCUT2D eigenvalue weighted by Crippen LogP contribution is 2.25. The first kappa shape index (κ1) is 22.9. The summed E-state index contributed by atoms with van der Waals surface area (Å²) in [6.07, 6.45) is 5.98. The first-order chi connectivity index (χ1) is 17.2. The van der Waals surface area contributed by atoms with E-state index in [9.17, 15) is 9.59 Å². The average molecular weight is 471 g/mol. The van der Waals surface area contributed by atoms with E-state index in [1.807, 2.05) is 60.9 Å². The van der Waals surface area contributed by atoms with Gasteiger partial charge in [0.2, 0.25) is 11.8 Å². The zero-order valence-electron chi connectivity index (χ0n) is 19.5. The van der Waals surface area contributed by atoms with E-state index in [1.165, 1.54) is 0 Å². The summed E-state index contributed by atoms with van der Waals surface area (Å²) in [5, 5.41) is 10.3. The lowest BCUT2D eigenvalue weighted by Crippen LogP contribution is -2.43. The Kier molecular flexibility index (Phi) is 6.90. The Hall–Kier alpha value is -3.91. The van der Waals surface area contributed by atoms with Crippen LogP contribution in [0.1, 0.15) is 30.3 Å². The molecule has 3 heterocycles. The molecule has 0 spiro atoms. The number of imidazole rings is 1. The largest absolute Gasteiger partial charge is 0.361 e. The molecule has 5 N–H and O–H groups in total. The van der Waals surface area contributed by atoms with Crippen LogP contribution in [0.25, 0.3) is 22.2 Å². The van der Waals surface area contributed by atoms with Crippen LogP contribution in [0.3, 0.4) is 0 Å². The van der Waals surface area contributed by atoms with Crippen LogP contribution in [0.5, 0.6) is 0 Å². The molecule has 0 radical (unpaired) electrons. The lowest BCUT2D eigenvalue weighted by Gasteiger charge is -2.22. The van der Waals surface area contributed by atoms with Crippen molar-refractivity contribution in [3.05, 3.63) is 78.4 Å². The molecule has 8 heteroatoms. The van der Waals surface area contributed by atoms with Crippen LogP contribution in [0.2, 0.25) is 0 Å². The van der Waals surface area contributed by atoms with E-state index in [0.717, 1.165) is 53.7 Å². The van der Waals surface area contributed by atoms with Crippen LogP contribution < -0.4 is 16.0 Å². The second-order valence-corrected chi connectivity index (χ2v) is 8.96. The molecule has 5 rings (SSSR count). The highest BCUT2D eigenvalue weighted by Gasteiger charge is 2.23. The van der Waals surface area contributed by atoms with E-state index < -0.39 is 0 Å². The molecule has 0 saturated carbocycles. The van der Waals surface area contributed by atoms with E-state index in [-0.39, 0.29) is 30.3 Å². The predicted molar refractivity (Wildman–Crippen MR) is 136 cm³/mol. The first-order valence-corrected chi connectivity index (χ1v) is 12.1. The Balaban J connectivity index is 1.32. The van der Waals surface area contributed by atoms with E-state index in [1.54, 1.807) is 0 Å². The molecule has 0 aliphatic carbocycles. The van der Waals surface area contributed by atoms with Gasteiger partial charge >= 0.3 is 0 Å². The summed E-state index contributed by atoms with van der Waals surface area (Å²) in [7, 11) is 0. The van der Waals surface area contributed by atoms with Crippen LogP contribution in [-0.2, 0) is 16.0 Å². The van der Waals surface area contributed by atoms with Crippen molar-refractivity contribution in [2.24, 2.45) is 5.92 Å². The van der Waals surface area contributed by atoms with Gasteiger partial charge in [-0.1, -0.05) is 48.5 Å². The molecule has 1 atom stereocenters. The molecule has 0 bridgehead atoms. The van der Waals surface area contributed by atoms with Gasteiger partial charge in [0, 0.05) is 41.2 Å². The molecule has 1 aliphatic rings. The third-order valence-electron chi connectivity index (χ3n) is 6.56. The fraction of sp³-hybridized carbons (Fsp3) is 0.296. The number of carbonyl (C=O) groups is 2. The van der Waals surface area contributed by atoms with E-state index in [2.05, 4.69) is 32.0 Å². The Morgan fingerprint density at radius 2 is 1.74 bits per heavy atom. The van der Waals surface area contributed by atoms with Crippen molar-refractivity contribution in [2.75, 3.05) is 19.6 Å². The van der Waals surface area contributed by atoms with Gasteiger partial charge < -0.3 is 25.9 Å². The van der Waals surface area contributed by atoms with Crippen LogP contribution in [0, 0.1) is 5.92 Å². The fourth-order valence-electron chi connectivity index (χ4n) is 4.65. The van der Waals surface area contributed by atoms with Crippen molar-refractivity contribution < 1.29 is 9.59 Å². The molecule has 2 amide bonds. The number of nitrogens with one attached hydrogen (secondary N) is 5. The van der Waals surface area contributed by atoms with Crippen molar-refractivity contribution in [1.82, 2.24) is 30.9 Å². The number of hydrogen-bond donors (Lipinski definition) is 5. The molecule has 180 valence electrons. The van der Waals surface area contributed by atoms with Crippen LogP contribution >= 0.6 is 0 Å². The monoisotopic (exact) mass is 470 g/mol. The first-order valence-electron chi connectivity index (χ1n) is 12.1. The Morgan fingerprint density at radius 3 is 2.57 bits per heavy atom. The second-order valence-electron chi connectivity index (χ2n) is 8.96. The molecule has 2 aromatic heterocycles. The maximum absolute atomic E-state index is 12.9. The van der Waals surface area contributed by atoms with E-state index in [4.69, 9.17) is 4.98 Å². The number of H-pyrrole nitrogens is 2. The van der Waals surface area contributed by atoms with Gasteiger partial charge in [-0.25, -0.2) is 4.98 Å². The number of hydrogen-bond acceptors (Lipinski definition) is 4. The van der Waals surface area contributed by atoms with Crippen molar-refractivity contribution in [1.29, 1.82) is 0 Å². The summed E-state index contributed by atoms with van der Waals surface area (Å²) < 4.78 is 0. The molecule has 4 aromatic rings. The molecule has 1 saturated heterocycles. The zero-order valence-corrected chi connectivity index (χ0v) is 19.5. The minimum absolute atomic E-state index is 0.0374. The minimum atomic E-state index is -0.380. The van der Waals surface area contributed by atoms with Crippen LogP contribution in [0.4, 0.5) is 0 Å². The number of piperidine rings is 1. The quantitative estimate of drug-likeness (QED) is 0.272. The van der Waals surface area contributed by atoms with Gasteiger partial charge in [0.25, 0.3) is 0 Å². The minimum Gasteiger partial charge on any atom is -0.361 e. The lowest BCUT2D eigenvalue weighted by molar-refractivity contribution is -0.129. The summed E-state index contributed by atoms with van der Waals surface area (Å²) >= 11 is 0. The summed E-state index contributed by atoms with van der Waals surface area (Å²) in [5.41, 5.74) is 3.95. The molecule has 1 fully saturated rings. The van der Waals surface area contributed by atoms with Gasteiger partial charge in [-0.2, -0.15) is 0 Å². The SMILES string of the molecule is O=C(CNC(=O)C1CCNCC1)N[C@H](Cc1c[nH]c2ccccc12)c1nc(-c2ccccc2)c[nH]1. The normalized spacial score (nSPS) is 15.1. The summed E-state index contributed by atoms with van der Waals surface area (Å²) in [5.74, 6) is 0.339. The van der Waals surface area contributed by atoms with Crippen molar-refractivity contribution >= 4 is 22.7 Å². The van der Waals surface area contributed by atoms with Gasteiger partial charge in [-0.3, -0.25) is 9.59 Å². The second kappa shape index (κ2) is 10.6. The summed E-state index contributed by atoms with van der Waals surface area (Å²) in [4.78, 5) is 36.7. The van der Waals surface area contributed by atoms with Gasteiger partial charge in [-0.15, -0.1) is 0 Å². The molecule has 1 aliphatic heterocycles. The lowest BCUT2D eigenvalue weighted by atomic mass is 9.97. The van der Waals surface area contributed by atoms with Crippen molar-refractivity contribution in [2.45, 2.75) is 25.3 Å². The van der Waals surface area contributed by atoms with E-state index >= 15 is 0 Å². The number of carbonyl (C=O) groups excluding carboxylic acids is 2. The number of aromatic nitrogens is 3. The molecule has 8 nitrogen and oxygen atoms in total. The van der Waals surface area contributed by atoms with Gasteiger partial charge in [0.1, 0.15) is 5.82 Å². The molecule has 2 aromatic carbocycles. The third kappa shape index (κ3) is 5.44.